The summed E-state index contributed by atoms with van der Waals surface area (Å²) in [5.41, 5.74) is 5.47. The van der Waals surface area contributed by atoms with Gasteiger partial charge in [-0.3, -0.25) is 9.59 Å². The molecular formula is C12H22N2O4. The minimum Gasteiger partial charge on any atom is -0.481 e. The Morgan fingerprint density at radius 1 is 1.56 bits per heavy atom. The second kappa shape index (κ2) is 7.33. The van der Waals surface area contributed by atoms with E-state index in [2.05, 4.69) is 0 Å². The van der Waals surface area contributed by atoms with Crippen molar-refractivity contribution < 1.29 is 19.4 Å². The van der Waals surface area contributed by atoms with Crippen LogP contribution >= 0.6 is 0 Å². The summed E-state index contributed by atoms with van der Waals surface area (Å²) in [5, 5.41) is 8.67. The molecule has 104 valence electrons. The van der Waals surface area contributed by atoms with Crippen LogP contribution in [0.4, 0.5) is 0 Å². The number of methoxy groups -OCH3 is 1. The highest BCUT2D eigenvalue weighted by molar-refractivity contribution is 5.81. The lowest BCUT2D eigenvalue weighted by Crippen LogP contribution is -2.47. The highest BCUT2D eigenvalue weighted by Gasteiger charge is 2.28. The highest BCUT2D eigenvalue weighted by atomic mass is 16.5. The topological polar surface area (TPSA) is 92.9 Å². The molecule has 3 N–H and O–H groups in total. The van der Waals surface area contributed by atoms with E-state index in [-0.39, 0.29) is 24.8 Å². The lowest BCUT2D eigenvalue weighted by Gasteiger charge is -2.34. The van der Waals surface area contributed by atoms with Gasteiger partial charge in [-0.05, 0) is 25.2 Å². The molecule has 0 aromatic rings. The molecule has 1 fully saturated rings. The lowest BCUT2D eigenvalue weighted by atomic mass is 9.93. The standard InChI is InChI=1S/C12H22N2O4/c1-18-10(7-13)12(17)14-6-2-3-9(8-14)4-5-11(15)16/h9-10H,2-8,13H2,1H3,(H,15,16). The first-order valence-corrected chi connectivity index (χ1v) is 6.32. The summed E-state index contributed by atoms with van der Waals surface area (Å²) in [5.74, 6) is -0.593. The fraction of sp³-hybridized carbons (Fsp3) is 0.833. The van der Waals surface area contributed by atoms with Crippen LogP contribution in [0.3, 0.4) is 0 Å². The number of rotatable bonds is 6. The van der Waals surface area contributed by atoms with Gasteiger partial charge in [0.05, 0.1) is 0 Å². The highest BCUT2D eigenvalue weighted by Crippen LogP contribution is 2.21. The van der Waals surface area contributed by atoms with Gasteiger partial charge in [0, 0.05) is 33.2 Å². The molecule has 1 amide bonds. The molecule has 1 rings (SSSR count). The number of carbonyl (C=O) groups is 2. The van der Waals surface area contributed by atoms with Gasteiger partial charge in [0.25, 0.3) is 5.91 Å². The maximum absolute atomic E-state index is 12.0. The number of hydrogen-bond donors (Lipinski definition) is 2. The van der Waals surface area contributed by atoms with Crippen molar-refractivity contribution in [3.05, 3.63) is 0 Å². The largest absolute Gasteiger partial charge is 0.481 e. The molecule has 1 heterocycles. The van der Waals surface area contributed by atoms with Crippen LogP contribution in [0, 0.1) is 5.92 Å². The molecule has 0 aromatic carbocycles. The average molecular weight is 258 g/mol. The van der Waals surface area contributed by atoms with Crippen LogP contribution < -0.4 is 5.73 Å². The Kier molecular flexibility index (Phi) is 6.07. The van der Waals surface area contributed by atoms with Crippen LogP contribution in [0.15, 0.2) is 0 Å². The van der Waals surface area contributed by atoms with E-state index in [1.54, 1.807) is 4.90 Å². The predicted octanol–water partition coefficient (Wildman–Crippen LogP) is 0.0635. The summed E-state index contributed by atoms with van der Waals surface area (Å²) in [7, 11) is 1.47. The minimum atomic E-state index is -0.782. The first-order valence-electron chi connectivity index (χ1n) is 6.32. The van der Waals surface area contributed by atoms with Gasteiger partial charge in [0.2, 0.25) is 0 Å². The Morgan fingerprint density at radius 2 is 2.28 bits per heavy atom. The zero-order valence-electron chi connectivity index (χ0n) is 10.8. The van der Waals surface area contributed by atoms with E-state index in [0.29, 0.717) is 19.5 Å². The monoisotopic (exact) mass is 258 g/mol. The van der Waals surface area contributed by atoms with Gasteiger partial charge in [-0.25, -0.2) is 0 Å². The van der Waals surface area contributed by atoms with Gasteiger partial charge in [-0.1, -0.05) is 0 Å². The van der Waals surface area contributed by atoms with E-state index >= 15 is 0 Å². The number of hydrogen-bond acceptors (Lipinski definition) is 4. The number of aliphatic carboxylic acids is 1. The maximum atomic E-state index is 12.0. The average Bonchev–Trinajstić information content (AvgIpc) is 2.38. The number of ether oxygens (including phenoxy) is 1. The van der Waals surface area contributed by atoms with E-state index < -0.39 is 12.1 Å². The molecule has 0 aliphatic carbocycles. The van der Waals surface area contributed by atoms with Crippen molar-refractivity contribution in [3.8, 4) is 0 Å². The van der Waals surface area contributed by atoms with Crippen molar-refractivity contribution in [1.29, 1.82) is 0 Å². The summed E-state index contributed by atoms with van der Waals surface area (Å²) in [6.07, 6.45) is 2.11. The van der Waals surface area contributed by atoms with Gasteiger partial charge in [0.15, 0.2) is 0 Å². The summed E-state index contributed by atoms with van der Waals surface area (Å²) < 4.78 is 5.04. The SMILES string of the molecule is COC(CN)C(=O)N1CCCC(CCC(=O)O)C1. The number of nitrogens with zero attached hydrogens (tertiary/aromatic N) is 1. The first kappa shape index (κ1) is 14.9. The van der Waals surface area contributed by atoms with Gasteiger partial charge in [0.1, 0.15) is 6.10 Å². The lowest BCUT2D eigenvalue weighted by molar-refractivity contribution is -0.143. The quantitative estimate of drug-likeness (QED) is 0.703. The smallest absolute Gasteiger partial charge is 0.303 e. The fourth-order valence-electron chi connectivity index (χ4n) is 2.33. The number of carboxylic acids is 1. The fourth-order valence-corrected chi connectivity index (χ4v) is 2.33. The number of piperidine rings is 1. The van der Waals surface area contributed by atoms with E-state index in [9.17, 15) is 9.59 Å². The van der Waals surface area contributed by atoms with E-state index in [1.165, 1.54) is 7.11 Å². The van der Waals surface area contributed by atoms with Crippen LogP contribution in [0.1, 0.15) is 25.7 Å². The third-order valence-electron chi connectivity index (χ3n) is 3.37. The molecule has 0 bridgehead atoms. The van der Waals surface area contributed by atoms with Crippen molar-refractivity contribution >= 4 is 11.9 Å². The maximum Gasteiger partial charge on any atom is 0.303 e. The Bertz CT molecular complexity index is 292. The van der Waals surface area contributed by atoms with Gasteiger partial charge < -0.3 is 20.5 Å². The van der Waals surface area contributed by atoms with Crippen LogP contribution in [-0.4, -0.2) is 54.7 Å². The van der Waals surface area contributed by atoms with Crippen molar-refractivity contribution in [1.82, 2.24) is 4.90 Å². The zero-order valence-corrected chi connectivity index (χ0v) is 10.8. The Labute approximate surface area is 107 Å². The normalized spacial score (nSPS) is 21.7. The molecule has 0 saturated carbocycles. The molecule has 1 aliphatic heterocycles. The summed E-state index contributed by atoms with van der Waals surface area (Å²) in [4.78, 5) is 24.3. The van der Waals surface area contributed by atoms with Crippen molar-refractivity contribution in [2.24, 2.45) is 11.7 Å². The van der Waals surface area contributed by atoms with E-state index in [0.717, 1.165) is 12.8 Å². The summed E-state index contributed by atoms with van der Waals surface area (Å²) >= 11 is 0. The van der Waals surface area contributed by atoms with Gasteiger partial charge in [-0.15, -0.1) is 0 Å². The molecule has 18 heavy (non-hydrogen) atoms. The Morgan fingerprint density at radius 3 is 2.83 bits per heavy atom. The van der Waals surface area contributed by atoms with E-state index in [4.69, 9.17) is 15.6 Å². The molecule has 1 aliphatic rings. The minimum absolute atomic E-state index is 0.0833. The molecule has 6 nitrogen and oxygen atoms in total. The van der Waals surface area contributed by atoms with Crippen LogP contribution in [0.5, 0.6) is 0 Å². The second-order valence-electron chi connectivity index (χ2n) is 4.68. The van der Waals surface area contributed by atoms with Crippen molar-refractivity contribution in [3.63, 3.8) is 0 Å². The van der Waals surface area contributed by atoms with Gasteiger partial charge in [-0.2, -0.15) is 0 Å². The number of amides is 1. The molecule has 1 saturated heterocycles. The van der Waals surface area contributed by atoms with E-state index in [1.807, 2.05) is 0 Å². The molecule has 0 aromatic heterocycles. The van der Waals surface area contributed by atoms with Crippen LogP contribution in [-0.2, 0) is 14.3 Å². The Hall–Kier alpha value is -1.14. The zero-order chi connectivity index (χ0) is 13.5. The van der Waals surface area contributed by atoms with Gasteiger partial charge >= 0.3 is 5.97 Å². The molecule has 2 unspecified atom stereocenters. The summed E-state index contributed by atoms with van der Waals surface area (Å²) in [6.45, 7) is 1.50. The van der Waals surface area contributed by atoms with Crippen molar-refractivity contribution in [2.75, 3.05) is 26.7 Å². The number of carbonyl (C=O) groups excluding carboxylic acids is 1. The first-order chi connectivity index (χ1) is 8.58. The molecule has 6 heteroatoms. The van der Waals surface area contributed by atoms with Crippen molar-refractivity contribution in [2.45, 2.75) is 31.8 Å². The molecule has 2 atom stereocenters. The molecule has 0 spiro atoms. The third kappa shape index (κ3) is 4.27. The number of nitrogens with two attached hydrogens (primary N) is 1. The third-order valence-corrected chi connectivity index (χ3v) is 3.37. The molecule has 0 radical (unpaired) electrons. The second-order valence-corrected chi connectivity index (χ2v) is 4.68. The predicted molar refractivity (Wildman–Crippen MR) is 66.0 cm³/mol. The summed E-state index contributed by atoms with van der Waals surface area (Å²) in [6, 6.07) is 0. The number of likely N-dealkylation sites (tertiary alicyclic amines) is 1. The Balaban J connectivity index is 2.47. The van der Waals surface area contributed by atoms with Crippen LogP contribution in [0.2, 0.25) is 0 Å². The van der Waals surface area contributed by atoms with Crippen LogP contribution in [0.25, 0.3) is 0 Å². The number of carboxylic acid groups (broad SMARTS) is 1. The molecular weight excluding hydrogens is 236 g/mol.